The largest absolute Gasteiger partial charge is 0.493 e. The number of aromatic nitrogens is 1. The number of nitrogen functional groups attached to an aromatic ring is 1. The van der Waals surface area contributed by atoms with Gasteiger partial charge in [0, 0.05) is 29.0 Å². The Morgan fingerprint density at radius 1 is 1.26 bits per heavy atom. The van der Waals surface area contributed by atoms with Gasteiger partial charge < -0.3 is 15.0 Å². The first-order valence-electron chi connectivity index (χ1n) is 5.99. The second kappa shape index (κ2) is 6.43. The lowest BCUT2D eigenvalue weighted by Crippen LogP contribution is -2.20. The van der Waals surface area contributed by atoms with Crippen molar-refractivity contribution in [2.75, 3.05) is 12.3 Å². The van der Waals surface area contributed by atoms with Crippen LogP contribution < -0.4 is 16.0 Å². The lowest BCUT2D eigenvalue weighted by molar-refractivity contribution is 0.301. The molecule has 5 heteroatoms. The van der Waals surface area contributed by atoms with Crippen LogP contribution in [0.15, 0.2) is 51.9 Å². The van der Waals surface area contributed by atoms with E-state index in [9.17, 15) is 4.79 Å². The minimum atomic E-state index is -0.0448. The number of nitrogens with two attached hydrogens (primary N) is 1. The summed E-state index contributed by atoms with van der Waals surface area (Å²) in [6, 6.07) is 10.8. The molecule has 4 nitrogen and oxygen atoms in total. The van der Waals surface area contributed by atoms with Crippen LogP contribution in [-0.2, 0) is 6.54 Å². The van der Waals surface area contributed by atoms with Crippen LogP contribution in [0.4, 0.5) is 5.69 Å². The van der Waals surface area contributed by atoms with Gasteiger partial charge in [-0.15, -0.1) is 0 Å². The minimum absolute atomic E-state index is 0.0448. The van der Waals surface area contributed by atoms with Gasteiger partial charge in [-0.3, -0.25) is 4.79 Å². The molecule has 0 saturated heterocycles. The number of anilines is 1. The molecule has 0 spiro atoms. The zero-order valence-electron chi connectivity index (χ0n) is 10.4. The van der Waals surface area contributed by atoms with E-state index in [2.05, 4.69) is 15.9 Å². The zero-order chi connectivity index (χ0) is 13.7. The van der Waals surface area contributed by atoms with Crippen molar-refractivity contribution in [2.24, 2.45) is 0 Å². The summed E-state index contributed by atoms with van der Waals surface area (Å²) in [5.41, 5.74) is 6.19. The Hall–Kier alpha value is -1.75. The molecule has 0 bridgehead atoms. The fourth-order valence-electron chi connectivity index (χ4n) is 1.71. The molecule has 0 fully saturated rings. The smallest absolute Gasteiger partial charge is 0.250 e. The number of hydrogen-bond donors (Lipinski definition) is 1. The molecule has 100 valence electrons. The molecular weight excluding hydrogens is 308 g/mol. The van der Waals surface area contributed by atoms with E-state index in [1.54, 1.807) is 16.8 Å². The summed E-state index contributed by atoms with van der Waals surface area (Å²) in [7, 11) is 0. The summed E-state index contributed by atoms with van der Waals surface area (Å²) in [6.45, 7) is 1.15. The summed E-state index contributed by atoms with van der Waals surface area (Å²) >= 11 is 3.39. The highest BCUT2D eigenvalue weighted by molar-refractivity contribution is 9.10. The Balaban J connectivity index is 1.84. The van der Waals surface area contributed by atoms with Crippen molar-refractivity contribution in [2.45, 2.75) is 13.0 Å². The Labute approximate surface area is 119 Å². The maximum absolute atomic E-state index is 11.5. The van der Waals surface area contributed by atoms with E-state index in [1.165, 1.54) is 6.07 Å². The Kier molecular flexibility index (Phi) is 4.63. The summed E-state index contributed by atoms with van der Waals surface area (Å²) in [4.78, 5) is 11.5. The standard InChI is InChI=1S/C14H15BrN2O2/c15-11-3-1-4-13(9-11)19-8-2-7-17-10-12(16)5-6-14(17)18/h1,3-6,9-10H,2,7-8,16H2. The van der Waals surface area contributed by atoms with E-state index in [4.69, 9.17) is 10.5 Å². The fourth-order valence-corrected chi connectivity index (χ4v) is 2.08. The van der Waals surface area contributed by atoms with Gasteiger partial charge in [-0.25, -0.2) is 0 Å². The van der Waals surface area contributed by atoms with Gasteiger partial charge >= 0.3 is 0 Å². The fraction of sp³-hybridized carbons (Fsp3) is 0.214. The number of pyridine rings is 1. The Morgan fingerprint density at radius 3 is 2.89 bits per heavy atom. The second-order valence-corrected chi connectivity index (χ2v) is 5.07. The summed E-state index contributed by atoms with van der Waals surface area (Å²) in [5.74, 6) is 0.814. The number of aryl methyl sites for hydroxylation is 1. The molecule has 0 aliphatic heterocycles. The highest BCUT2D eigenvalue weighted by Crippen LogP contribution is 2.17. The highest BCUT2D eigenvalue weighted by Gasteiger charge is 1.98. The van der Waals surface area contributed by atoms with Gasteiger partial charge in [0.25, 0.3) is 5.56 Å². The molecule has 0 radical (unpaired) electrons. The van der Waals surface area contributed by atoms with Crippen molar-refractivity contribution in [1.29, 1.82) is 0 Å². The van der Waals surface area contributed by atoms with E-state index < -0.39 is 0 Å². The summed E-state index contributed by atoms with van der Waals surface area (Å²) in [5, 5.41) is 0. The van der Waals surface area contributed by atoms with Gasteiger partial charge in [-0.05, 0) is 30.7 Å². The maximum atomic E-state index is 11.5. The van der Waals surface area contributed by atoms with Gasteiger partial charge in [0.2, 0.25) is 0 Å². The lowest BCUT2D eigenvalue weighted by Gasteiger charge is -2.08. The zero-order valence-corrected chi connectivity index (χ0v) is 12.0. The number of rotatable bonds is 5. The van der Waals surface area contributed by atoms with Crippen LogP contribution >= 0.6 is 15.9 Å². The molecule has 1 aromatic heterocycles. The monoisotopic (exact) mass is 322 g/mol. The molecule has 1 heterocycles. The molecule has 0 aliphatic carbocycles. The molecule has 2 aromatic rings. The third-order valence-corrected chi connectivity index (χ3v) is 3.11. The maximum Gasteiger partial charge on any atom is 0.250 e. The predicted octanol–water partition coefficient (Wildman–Crippen LogP) is 2.66. The van der Waals surface area contributed by atoms with E-state index in [-0.39, 0.29) is 5.56 Å². The van der Waals surface area contributed by atoms with E-state index in [0.29, 0.717) is 18.8 Å². The number of nitrogens with zero attached hydrogens (tertiary/aromatic N) is 1. The molecule has 0 atom stereocenters. The topological polar surface area (TPSA) is 57.2 Å². The van der Waals surface area contributed by atoms with Gasteiger partial charge in [0.1, 0.15) is 5.75 Å². The Morgan fingerprint density at radius 2 is 2.11 bits per heavy atom. The number of ether oxygens (including phenoxy) is 1. The van der Waals surface area contributed by atoms with Crippen LogP contribution in [0.25, 0.3) is 0 Å². The van der Waals surface area contributed by atoms with Crippen LogP contribution in [0, 0.1) is 0 Å². The molecule has 2 rings (SSSR count). The first-order valence-corrected chi connectivity index (χ1v) is 6.79. The van der Waals surface area contributed by atoms with Crippen LogP contribution in [0.3, 0.4) is 0 Å². The number of halogens is 1. The van der Waals surface area contributed by atoms with Gasteiger partial charge in [-0.1, -0.05) is 22.0 Å². The van der Waals surface area contributed by atoms with Crippen LogP contribution in [0.1, 0.15) is 6.42 Å². The SMILES string of the molecule is Nc1ccc(=O)n(CCCOc2cccc(Br)c2)c1. The van der Waals surface area contributed by atoms with E-state index in [1.807, 2.05) is 24.3 Å². The molecule has 0 aliphatic rings. The van der Waals surface area contributed by atoms with Crippen molar-refractivity contribution in [3.8, 4) is 5.75 Å². The second-order valence-electron chi connectivity index (χ2n) is 4.15. The first-order chi connectivity index (χ1) is 9.15. The predicted molar refractivity (Wildman–Crippen MR) is 79.4 cm³/mol. The van der Waals surface area contributed by atoms with E-state index >= 15 is 0 Å². The van der Waals surface area contributed by atoms with Gasteiger partial charge in [0.15, 0.2) is 0 Å². The minimum Gasteiger partial charge on any atom is -0.493 e. The molecular formula is C14H15BrN2O2. The lowest BCUT2D eigenvalue weighted by atomic mass is 10.3. The average Bonchev–Trinajstić information content (AvgIpc) is 2.39. The quantitative estimate of drug-likeness (QED) is 0.861. The molecule has 0 saturated carbocycles. The van der Waals surface area contributed by atoms with Gasteiger partial charge in [-0.2, -0.15) is 0 Å². The number of hydrogen-bond acceptors (Lipinski definition) is 3. The third-order valence-electron chi connectivity index (χ3n) is 2.61. The summed E-state index contributed by atoms with van der Waals surface area (Å²) < 4.78 is 8.18. The number of benzene rings is 1. The summed E-state index contributed by atoms with van der Waals surface area (Å²) in [6.07, 6.45) is 2.40. The van der Waals surface area contributed by atoms with Crippen molar-refractivity contribution >= 4 is 21.6 Å². The van der Waals surface area contributed by atoms with Gasteiger partial charge in [0.05, 0.1) is 6.61 Å². The van der Waals surface area contributed by atoms with Crippen LogP contribution in [-0.4, -0.2) is 11.2 Å². The molecule has 2 N–H and O–H groups in total. The highest BCUT2D eigenvalue weighted by atomic mass is 79.9. The Bertz CT molecular complexity index is 610. The van der Waals surface area contributed by atoms with Crippen molar-refractivity contribution in [3.63, 3.8) is 0 Å². The normalized spacial score (nSPS) is 10.4. The van der Waals surface area contributed by atoms with E-state index in [0.717, 1.165) is 16.6 Å². The molecule has 0 amide bonds. The molecule has 0 unspecified atom stereocenters. The average molecular weight is 323 g/mol. The molecule has 19 heavy (non-hydrogen) atoms. The third kappa shape index (κ3) is 4.13. The van der Waals surface area contributed by atoms with Crippen molar-refractivity contribution in [3.05, 3.63) is 57.4 Å². The van der Waals surface area contributed by atoms with Crippen molar-refractivity contribution in [1.82, 2.24) is 4.57 Å². The van der Waals surface area contributed by atoms with Crippen LogP contribution in [0.2, 0.25) is 0 Å². The van der Waals surface area contributed by atoms with Crippen LogP contribution in [0.5, 0.6) is 5.75 Å². The first kappa shape index (κ1) is 13.7. The molecule has 1 aromatic carbocycles. The van der Waals surface area contributed by atoms with Crippen molar-refractivity contribution < 1.29 is 4.74 Å².